The fourth-order valence-corrected chi connectivity index (χ4v) is 2.63. The van der Waals surface area contributed by atoms with Crippen LogP contribution in [0.15, 0.2) is 60.9 Å². The molecule has 1 amide bonds. The Morgan fingerprint density at radius 3 is 2.79 bits per heavy atom. The predicted octanol–water partition coefficient (Wildman–Crippen LogP) is 3.87. The van der Waals surface area contributed by atoms with Crippen LogP contribution in [-0.4, -0.2) is 25.0 Å². The molecule has 122 valence electrons. The molecule has 0 fully saturated rings. The second-order valence-electron chi connectivity index (χ2n) is 6.05. The molecule has 1 heterocycles. The Morgan fingerprint density at radius 1 is 1.08 bits per heavy atom. The minimum atomic E-state index is 0.0265. The van der Waals surface area contributed by atoms with Gasteiger partial charge in [0.15, 0.2) is 0 Å². The molecule has 0 aliphatic carbocycles. The van der Waals surface area contributed by atoms with Crippen LogP contribution in [-0.2, 0) is 11.2 Å². The maximum absolute atomic E-state index is 12.2. The Balaban J connectivity index is 1.61. The van der Waals surface area contributed by atoms with Crippen molar-refractivity contribution in [1.82, 2.24) is 4.98 Å². The van der Waals surface area contributed by atoms with Crippen molar-refractivity contribution in [3.63, 3.8) is 0 Å². The summed E-state index contributed by atoms with van der Waals surface area (Å²) in [5, 5.41) is 5.11. The van der Waals surface area contributed by atoms with E-state index in [9.17, 15) is 4.79 Å². The van der Waals surface area contributed by atoms with Gasteiger partial charge in [-0.1, -0.05) is 18.2 Å². The van der Waals surface area contributed by atoms with Gasteiger partial charge in [-0.25, -0.2) is 0 Å². The Labute approximate surface area is 142 Å². The van der Waals surface area contributed by atoms with Gasteiger partial charge in [0, 0.05) is 49.7 Å². The van der Waals surface area contributed by atoms with Gasteiger partial charge in [0.2, 0.25) is 5.91 Å². The molecule has 0 radical (unpaired) electrons. The van der Waals surface area contributed by atoms with E-state index in [1.165, 1.54) is 5.56 Å². The lowest BCUT2D eigenvalue weighted by Crippen LogP contribution is -2.12. The van der Waals surface area contributed by atoms with Crippen LogP contribution in [0.3, 0.4) is 0 Å². The highest BCUT2D eigenvalue weighted by Gasteiger charge is 2.05. The van der Waals surface area contributed by atoms with Crippen LogP contribution in [0.2, 0.25) is 0 Å². The molecule has 3 aromatic rings. The van der Waals surface area contributed by atoms with E-state index < -0.39 is 0 Å². The summed E-state index contributed by atoms with van der Waals surface area (Å²) in [6.45, 7) is 0. The molecule has 4 heteroatoms. The molecule has 1 N–H and O–H groups in total. The number of hydrogen-bond donors (Lipinski definition) is 1. The van der Waals surface area contributed by atoms with E-state index in [-0.39, 0.29) is 5.91 Å². The zero-order valence-corrected chi connectivity index (χ0v) is 14.0. The average Bonchev–Trinajstić information content (AvgIpc) is 2.60. The summed E-state index contributed by atoms with van der Waals surface area (Å²) < 4.78 is 0. The van der Waals surface area contributed by atoms with Gasteiger partial charge in [-0.15, -0.1) is 0 Å². The van der Waals surface area contributed by atoms with Crippen molar-refractivity contribution in [3.05, 3.63) is 66.5 Å². The molecular weight excluding hydrogens is 298 g/mol. The molecule has 0 saturated carbocycles. The van der Waals surface area contributed by atoms with Gasteiger partial charge >= 0.3 is 0 Å². The van der Waals surface area contributed by atoms with Gasteiger partial charge in [-0.2, -0.15) is 0 Å². The highest BCUT2D eigenvalue weighted by Crippen LogP contribution is 2.19. The number of hydrogen-bond acceptors (Lipinski definition) is 3. The van der Waals surface area contributed by atoms with E-state index in [0.29, 0.717) is 6.42 Å². The lowest BCUT2D eigenvalue weighted by atomic mass is 10.1. The highest BCUT2D eigenvalue weighted by molar-refractivity contribution is 5.94. The lowest BCUT2D eigenvalue weighted by Gasteiger charge is -2.13. The fourth-order valence-electron chi connectivity index (χ4n) is 2.63. The molecule has 24 heavy (non-hydrogen) atoms. The first-order valence-electron chi connectivity index (χ1n) is 8.02. The Hall–Kier alpha value is -2.88. The Kier molecular flexibility index (Phi) is 4.75. The maximum atomic E-state index is 12.2. The van der Waals surface area contributed by atoms with Crippen LogP contribution in [0.4, 0.5) is 11.4 Å². The summed E-state index contributed by atoms with van der Waals surface area (Å²) in [5.41, 5.74) is 3.14. The molecule has 0 saturated heterocycles. The van der Waals surface area contributed by atoms with Crippen LogP contribution in [0.25, 0.3) is 10.8 Å². The number of anilines is 2. The molecule has 0 spiro atoms. The van der Waals surface area contributed by atoms with Crippen LogP contribution >= 0.6 is 0 Å². The largest absolute Gasteiger partial charge is 0.378 e. The second-order valence-corrected chi connectivity index (χ2v) is 6.05. The number of nitrogens with one attached hydrogen (secondary N) is 1. The van der Waals surface area contributed by atoms with Gasteiger partial charge < -0.3 is 10.2 Å². The third kappa shape index (κ3) is 3.90. The average molecular weight is 319 g/mol. The number of carbonyl (C=O) groups is 1. The molecule has 0 aliphatic rings. The van der Waals surface area contributed by atoms with Crippen LogP contribution in [0, 0.1) is 0 Å². The van der Waals surface area contributed by atoms with Crippen molar-refractivity contribution in [3.8, 4) is 0 Å². The number of aryl methyl sites for hydroxylation is 1. The first-order valence-corrected chi connectivity index (χ1v) is 8.02. The van der Waals surface area contributed by atoms with Crippen LogP contribution in [0.5, 0.6) is 0 Å². The monoisotopic (exact) mass is 319 g/mol. The molecule has 0 atom stereocenters. The molecule has 4 nitrogen and oxygen atoms in total. The van der Waals surface area contributed by atoms with Crippen molar-refractivity contribution >= 4 is 28.1 Å². The topological polar surface area (TPSA) is 45.2 Å². The third-order valence-corrected chi connectivity index (χ3v) is 3.99. The maximum Gasteiger partial charge on any atom is 0.224 e. The SMILES string of the molecule is CN(C)c1cccc(CCC(=O)Nc2ccc3cnccc3c2)c1. The van der Waals surface area contributed by atoms with E-state index >= 15 is 0 Å². The highest BCUT2D eigenvalue weighted by atomic mass is 16.1. The van der Waals surface area contributed by atoms with Crippen molar-refractivity contribution in [2.24, 2.45) is 0 Å². The van der Waals surface area contributed by atoms with Crippen molar-refractivity contribution in [1.29, 1.82) is 0 Å². The number of pyridine rings is 1. The standard InChI is InChI=1S/C20H21N3O/c1-23(2)19-5-3-4-15(12-19)6-9-20(24)22-18-8-7-17-14-21-11-10-16(17)13-18/h3-5,7-8,10-14H,6,9H2,1-2H3,(H,22,24). The van der Waals surface area contributed by atoms with Crippen LogP contribution < -0.4 is 10.2 Å². The first kappa shape index (κ1) is 16.0. The summed E-state index contributed by atoms with van der Waals surface area (Å²) in [7, 11) is 4.03. The number of aromatic nitrogens is 1. The Morgan fingerprint density at radius 2 is 1.96 bits per heavy atom. The summed E-state index contributed by atoms with van der Waals surface area (Å²) in [4.78, 5) is 18.4. The van der Waals surface area contributed by atoms with E-state index in [4.69, 9.17) is 0 Å². The van der Waals surface area contributed by atoms with E-state index in [1.807, 2.05) is 50.6 Å². The summed E-state index contributed by atoms with van der Waals surface area (Å²) >= 11 is 0. The number of rotatable bonds is 5. The zero-order valence-electron chi connectivity index (χ0n) is 14.0. The minimum absolute atomic E-state index is 0.0265. The van der Waals surface area contributed by atoms with Gasteiger partial charge in [0.05, 0.1) is 0 Å². The summed E-state index contributed by atoms with van der Waals surface area (Å²) in [6.07, 6.45) is 4.76. The first-order chi connectivity index (χ1) is 11.6. The molecule has 0 unspecified atom stereocenters. The summed E-state index contributed by atoms with van der Waals surface area (Å²) in [5.74, 6) is 0.0265. The number of benzene rings is 2. The van der Waals surface area contributed by atoms with Gasteiger partial charge in [0.1, 0.15) is 0 Å². The van der Waals surface area contributed by atoms with Crippen molar-refractivity contribution < 1.29 is 4.79 Å². The van der Waals surface area contributed by atoms with Gasteiger partial charge in [0.25, 0.3) is 0 Å². The lowest BCUT2D eigenvalue weighted by molar-refractivity contribution is -0.116. The van der Waals surface area contributed by atoms with Gasteiger partial charge in [-0.3, -0.25) is 9.78 Å². The van der Waals surface area contributed by atoms with E-state index in [2.05, 4.69) is 33.4 Å². The van der Waals surface area contributed by atoms with E-state index in [0.717, 1.165) is 28.6 Å². The molecule has 0 bridgehead atoms. The zero-order chi connectivity index (χ0) is 16.9. The minimum Gasteiger partial charge on any atom is -0.378 e. The Bertz CT molecular complexity index is 858. The molecule has 2 aromatic carbocycles. The second kappa shape index (κ2) is 7.13. The molecular formula is C20H21N3O. The smallest absolute Gasteiger partial charge is 0.224 e. The van der Waals surface area contributed by atoms with Crippen molar-refractivity contribution in [2.75, 3.05) is 24.3 Å². The molecule has 1 aromatic heterocycles. The number of amides is 1. The number of nitrogens with zero attached hydrogens (tertiary/aromatic N) is 2. The normalized spacial score (nSPS) is 10.6. The summed E-state index contributed by atoms with van der Waals surface area (Å²) in [6, 6.07) is 16.1. The quantitative estimate of drug-likeness (QED) is 0.776. The fraction of sp³-hybridized carbons (Fsp3) is 0.200. The molecule has 3 rings (SSSR count). The third-order valence-electron chi connectivity index (χ3n) is 3.99. The van der Waals surface area contributed by atoms with Crippen LogP contribution in [0.1, 0.15) is 12.0 Å². The predicted molar refractivity (Wildman–Crippen MR) is 99.5 cm³/mol. The van der Waals surface area contributed by atoms with E-state index in [1.54, 1.807) is 6.20 Å². The number of fused-ring (bicyclic) bond motifs is 1. The molecule has 0 aliphatic heterocycles. The van der Waals surface area contributed by atoms with Crippen molar-refractivity contribution in [2.45, 2.75) is 12.8 Å². The van der Waals surface area contributed by atoms with Gasteiger partial charge in [-0.05, 0) is 47.7 Å². The number of carbonyl (C=O) groups excluding carboxylic acids is 1.